The molecule has 146 valence electrons. The third-order valence-electron chi connectivity index (χ3n) is 4.99. The second-order valence-corrected chi connectivity index (χ2v) is 7.08. The molecule has 2 aromatic carbocycles. The zero-order valence-electron chi connectivity index (χ0n) is 16.1. The smallest absolute Gasteiger partial charge is 0.244 e. The van der Waals surface area contributed by atoms with Crippen LogP contribution in [0.15, 0.2) is 66.7 Å². The molecule has 0 unspecified atom stereocenters. The van der Waals surface area contributed by atoms with E-state index in [9.17, 15) is 9.59 Å². The van der Waals surface area contributed by atoms with E-state index >= 15 is 0 Å². The van der Waals surface area contributed by atoms with Gasteiger partial charge in [-0.2, -0.15) is 0 Å². The molecule has 0 atom stereocenters. The number of quaternary nitrogens is 1. The van der Waals surface area contributed by atoms with Crippen LogP contribution in [0, 0.1) is 0 Å². The van der Waals surface area contributed by atoms with E-state index in [2.05, 4.69) is 29.6 Å². The molecular formula is C23H28N3O2+. The maximum atomic E-state index is 12.4. The summed E-state index contributed by atoms with van der Waals surface area (Å²) in [6, 6.07) is 20.1. The largest absolute Gasteiger partial charge is 0.352 e. The van der Waals surface area contributed by atoms with Gasteiger partial charge in [-0.3, -0.25) is 9.59 Å². The number of piperazine rings is 1. The molecule has 28 heavy (non-hydrogen) atoms. The number of benzene rings is 2. The fraction of sp³-hybridized carbons (Fsp3) is 0.304. The minimum atomic E-state index is -0.172. The maximum absolute atomic E-state index is 12.4. The summed E-state index contributed by atoms with van der Waals surface area (Å²) >= 11 is 0. The average molecular weight is 378 g/mol. The highest BCUT2D eigenvalue weighted by atomic mass is 16.2. The van der Waals surface area contributed by atoms with Crippen LogP contribution in [0.2, 0.25) is 0 Å². The molecular weight excluding hydrogens is 350 g/mol. The summed E-state index contributed by atoms with van der Waals surface area (Å²) in [7, 11) is 0. The van der Waals surface area contributed by atoms with Crippen LogP contribution in [-0.2, 0) is 16.1 Å². The van der Waals surface area contributed by atoms with Crippen molar-refractivity contribution in [3.05, 3.63) is 77.9 Å². The van der Waals surface area contributed by atoms with Crippen LogP contribution < -0.4 is 10.2 Å². The Morgan fingerprint density at radius 2 is 1.61 bits per heavy atom. The van der Waals surface area contributed by atoms with Gasteiger partial charge in [-0.1, -0.05) is 60.7 Å². The SMILES string of the molecule is O=C(/C=C/c1ccccc1)NCCC(=O)N1CC[NH+](Cc2ccccc2)CC1. The standard InChI is InChI=1S/C23H27N3O2/c27-22(12-11-20-7-3-1-4-8-20)24-14-13-23(28)26-17-15-25(16-18-26)19-21-9-5-2-6-10-21/h1-12H,13-19H2,(H,24,27)/p+1/b12-11+. The zero-order valence-corrected chi connectivity index (χ0v) is 16.1. The summed E-state index contributed by atoms with van der Waals surface area (Å²) in [4.78, 5) is 27.7. The van der Waals surface area contributed by atoms with E-state index in [0.29, 0.717) is 13.0 Å². The van der Waals surface area contributed by atoms with Gasteiger partial charge in [0.25, 0.3) is 0 Å². The lowest BCUT2D eigenvalue weighted by Gasteiger charge is -2.32. The van der Waals surface area contributed by atoms with Crippen molar-refractivity contribution in [2.24, 2.45) is 0 Å². The normalized spacial score (nSPS) is 14.9. The lowest BCUT2D eigenvalue weighted by atomic mass is 10.2. The van der Waals surface area contributed by atoms with E-state index in [4.69, 9.17) is 0 Å². The van der Waals surface area contributed by atoms with Crippen LogP contribution in [0.1, 0.15) is 17.5 Å². The number of rotatable bonds is 7. The van der Waals surface area contributed by atoms with Gasteiger partial charge in [0.1, 0.15) is 6.54 Å². The fourth-order valence-electron chi connectivity index (χ4n) is 3.38. The van der Waals surface area contributed by atoms with Crippen molar-refractivity contribution < 1.29 is 14.5 Å². The van der Waals surface area contributed by atoms with Gasteiger partial charge in [-0.15, -0.1) is 0 Å². The molecule has 5 heteroatoms. The summed E-state index contributed by atoms with van der Waals surface area (Å²) in [5.74, 6) is -0.0557. The lowest BCUT2D eigenvalue weighted by Crippen LogP contribution is -3.13. The first-order valence-corrected chi connectivity index (χ1v) is 9.87. The predicted molar refractivity (Wildman–Crippen MR) is 111 cm³/mol. The molecule has 0 saturated carbocycles. The van der Waals surface area contributed by atoms with Crippen LogP contribution in [0.4, 0.5) is 0 Å². The molecule has 1 heterocycles. The highest BCUT2D eigenvalue weighted by Gasteiger charge is 2.23. The quantitative estimate of drug-likeness (QED) is 0.710. The molecule has 2 amide bonds. The fourth-order valence-corrected chi connectivity index (χ4v) is 3.38. The van der Waals surface area contributed by atoms with E-state index in [-0.39, 0.29) is 11.8 Å². The van der Waals surface area contributed by atoms with Crippen LogP contribution in [0.3, 0.4) is 0 Å². The molecule has 1 saturated heterocycles. The van der Waals surface area contributed by atoms with Crippen LogP contribution in [-0.4, -0.2) is 49.4 Å². The van der Waals surface area contributed by atoms with E-state index in [0.717, 1.165) is 38.3 Å². The molecule has 2 N–H and O–H groups in total. The second kappa shape index (κ2) is 10.4. The Morgan fingerprint density at radius 1 is 0.964 bits per heavy atom. The number of carbonyl (C=O) groups is 2. The van der Waals surface area contributed by atoms with Gasteiger partial charge in [0.05, 0.1) is 26.2 Å². The van der Waals surface area contributed by atoms with Crippen molar-refractivity contribution in [3.8, 4) is 0 Å². The molecule has 5 nitrogen and oxygen atoms in total. The molecule has 0 aromatic heterocycles. The minimum absolute atomic E-state index is 0.117. The van der Waals surface area contributed by atoms with Gasteiger partial charge in [0.2, 0.25) is 11.8 Å². The minimum Gasteiger partial charge on any atom is -0.352 e. The van der Waals surface area contributed by atoms with Gasteiger partial charge in [0.15, 0.2) is 0 Å². The van der Waals surface area contributed by atoms with Crippen molar-refractivity contribution in [1.29, 1.82) is 0 Å². The first-order valence-electron chi connectivity index (χ1n) is 9.87. The van der Waals surface area contributed by atoms with E-state index in [1.807, 2.05) is 41.3 Å². The van der Waals surface area contributed by atoms with Crippen LogP contribution in [0.25, 0.3) is 6.08 Å². The maximum Gasteiger partial charge on any atom is 0.244 e. The summed E-state index contributed by atoms with van der Waals surface area (Å²) in [6.07, 6.45) is 3.62. The van der Waals surface area contributed by atoms with Crippen molar-refractivity contribution in [3.63, 3.8) is 0 Å². The average Bonchev–Trinajstić information content (AvgIpc) is 2.74. The summed E-state index contributed by atoms with van der Waals surface area (Å²) in [6.45, 7) is 4.87. The van der Waals surface area contributed by atoms with E-state index < -0.39 is 0 Å². The van der Waals surface area contributed by atoms with E-state index in [1.54, 1.807) is 6.08 Å². The number of nitrogens with one attached hydrogen (secondary N) is 2. The number of hydrogen-bond donors (Lipinski definition) is 2. The third kappa shape index (κ3) is 6.35. The summed E-state index contributed by atoms with van der Waals surface area (Å²) in [5.41, 5.74) is 2.31. The molecule has 0 bridgehead atoms. The topological polar surface area (TPSA) is 53.9 Å². The summed E-state index contributed by atoms with van der Waals surface area (Å²) in [5, 5.41) is 2.79. The Kier molecular flexibility index (Phi) is 7.38. The Labute approximate surface area is 166 Å². The number of carbonyl (C=O) groups excluding carboxylic acids is 2. The van der Waals surface area contributed by atoms with Crippen LogP contribution in [0.5, 0.6) is 0 Å². The molecule has 0 aliphatic carbocycles. The van der Waals surface area contributed by atoms with Crippen molar-refractivity contribution in [2.45, 2.75) is 13.0 Å². The Bertz CT molecular complexity index is 782. The zero-order chi connectivity index (χ0) is 19.6. The predicted octanol–water partition coefficient (Wildman–Crippen LogP) is 1.13. The highest BCUT2D eigenvalue weighted by Crippen LogP contribution is 2.01. The van der Waals surface area contributed by atoms with Gasteiger partial charge in [0, 0.05) is 24.6 Å². The molecule has 0 radical (unpaired) electrons. The van der Waals surface area contributed by atoms with Crippen molar-refractivity contribution in [1.82, 2.24) is 10.2 Å². The van der Waals surface area contributed by atoms with Gasteiger partial charge < -0.3 is 15.1 Å². The van der Waals surface area contributed by atoms with Gasteiger partial charge in [-0.25, -0.2) is 0 Å². The Hall–Kier alpha value is -2.92. The van der Waals surface area contributed by atoms with E-state index in [1.165, 1.54) is 16.5 Å². The number of nitrogens with zero attached hydrogens (tertiary/aromatic N) is 1. The first-order chi connectivity index (χ1) is 13.7. The molecule has 1 aliphatic rings. The third-order valence-corrected chi connectivity index (χ3v) is 4.99. The second-order valence-electron chi connectivity index (χ2n) is 7.08. The molecule has 3 rings (SSSR count). The van der Waals surface area contributed by atoms with Crippen molar-refractivity contribution in [2.75, 3.05) is 32.7 Å². The van der Waals surface area contributed by atoms with Gasteiger partial charge >= 0.3 is 0 Å². The molecule has 2 aromatic rings. The number of hydrogen-bond acceptors (Lipinski definition) is 2. The Morgan fingerprint density at radius 3 is 2.29 bits per heavy atom. The number of amides is 2. The summed E-state index contributed by atoms with van der Waals surface area (Å²) < 4.78 is 0. The lowest BCUT2D eigenvalue weighted by molar-refractivity contribution is -0.917. The Balaban J connectivity index is 1.33. The first kappa shape index (κ1) is 19.8. The highest BCUT2D eigenvalue weighted by molar-refractivity contribution is 5.92. The van der Waals surface area contributed by atoms with Crippen LogP contribution >= 0.6 is 0 Å². The van der Waals surface area contributed by atoms with Crippen molar-refractivity contribution >= 4 is 17.9 Å². The monoisotopic (exact) mass is 378 g/mol. The molecule has 1 aliphatic heterocycles. The molecule has 0 spiro atoms. The molecule has 1 fully saturated rings. The van der Waals surface area contributed by atoms with Gasteiger partial charge in [-0.05, 0) is 11.6 Å².